The van der Waals surface area contributed by atoms with Crippen LogP contribution >= 0.6 is 0 Å². The minimum absolute atomic E-state index is 0.180. The number of aryl methyl sites for hydroxylation is 1. The maximum Gasteiger partial charge on any atom is 0.435 e. The lowest BCUT2D eigenvalue weighted by molar-refractivity contribution is -0.141. The van der Waals surface area contributed by atoms with Crippen molar-refractivity contribution >= 4 is 0 Å². The lowest BCUT2D eigenvalue weighted by Gasteiger charge is -2.24. The second kappa shape index (κ2) is 3.99. The van der Waals surface area contributed by atoms with E-state index < -0.39 is 11.9 Å². The van der Waals surface area contributed by atoms with Gasteiger partial charge in [-0.3, -0.25) is 0 Å². The highest BCUT2D eigenvalue weighted by Crippen LogP contribution is 2.31. The SMILES string of the molecule is Cn1nc(C(F)(F)F)cc1OCC1CCC1. The van der Waals surface area contributed by atoms with Crippen molar-refractivity contribution in [3.8, 4) is 5.88 Å². The van der Waals surface area contributed by atoms with Gasteiger partial charge in [-0.05, 0) is 18.8 Å². The van der Waals surface area contributed by atoms with Crippen molar-refractivity contribution in [2.75, 3.05) is 6.61 Å². The van der Waals surface area contributed by atoms with Crippen molar-refractivity contribution in [2.24, 2.45) is 13.0 Å². The van der Waals surface area contributed by atoms with Crippen molar-refractivity contribution in [3.63, 3.8) is 0 Å². The fourth-order valence-corrected chi connectivity index (χ4v) is 1.59. The van der Waals surface area contributed by atoms with E-state index in [0.717, 1.165) is 23.6 Å². The number of nitrogens with zero attached hydrogens (tertiary/aromatic N) is 2. The van der Waals surface area contributed by atoms with E-state index in [0.29, 0.717) is 12.5 Å². The first-order valence-electron chi connectivity index (χ1n) is 5.21. The number of aromatic nitrogens is 2. The third-order valence-corrected chi connectivity index (χ3v) is 2.82. The molecule has 1 aromatic heterocycles. The molecule has 0 spiro atoms. The van der Waals surface area contributed by atoms with Gasteiger partial charge in [-0.15, -0.1) is 0 Å². The third kappa shape index (κ3) is 2.31. The molecule has 90 valence electrons. The summed E-state index contributed by atoms with van der Waals surface area (Å²) in [5, 5.41) is 3.37. The topological polar surface area (TPSA) is 27.1 Å². The summed E-state index contributed by atoms with van der Waals surface area (Å²) in [6.45, 7) is 0.483. The van der Waals surface area contributed by atoms with Crippen molar-refractivity contribution in [2.45, 2.75) is 25.4 Å². The first-order valence-corrected chi connectivity index (χ1v) is 5.21. The molecule has 0 amide bonds. The van der Waals surface area contributed by atoms with Gasteiger partial charge in [-0.1, -0.05) is 6.42 Å². The Morgan fingerprint density at radius 3 is 2.62 bits per heavy atom. The molecule has 16 heavy (non-hydrogen) atoms. The van der Waals surface area contributed by atoms with Crippen molar-refractivity contribution in [3.05, 3.63) is 11.8 Å². The number of ether oxygens (including phenoxy) is 1. The van der Waals surface area contributed by atoms with Crippen LogP contribution in [0.15, 0.2) is 6.07 Å². The minimum atomic E-state index is -4.41. The number of rotatable bonds is 3. The third-order valence-electron chi connectivity index (χ3n) is 2.82. The molecule has 1 aromatic rings. The van der Waals surface area contributed by atoms with Gasteiger partial charge in [0.15, 0.2) is 5.69 Å². The molecule has 0 bridgehead atoms. The van der Waals surface area contributed by atoms with Crippen LogP contribution in [0.1, 0.15) is 25.0 Å². The van der Waals surface area contributed by atoms with Gasteiger partial charge in [0.1, 0.15) is 0 Å². The number of hydrogen-bond donors (Lipinski definition) is 0. The predicted molar refractivity (Wildman–Crippen MR) is 51.0 cm³/mol. The van der Waals surface area contributed by atoms with Crippen LogP contribution in [0.2, 0.25) is 0 Å². The smallest absolute Gasteiger partial charge is 0.435 e. The molecular weight excluding hydrogens is 221 g/mol. The van der Waals surface area contributed by atoms with Gasteiger partial charge < -0.3 is 4.74 Å². The molecule has 0 atom stereocenters. The Morgan fingerprint density at radius 2 is 2.19 bits per heavy atom. The predicted octanol–water partition coefficient (Wildman–Crippen LogP) is 2.62. The van der Waals surface area contributed by atoms with Crippen molar-refractivity contribution < 1.29 is 17.9 Å². The molecule has 0 aliphatic heterocycles. The molecule has 1 aliphatic carbocycles. The molecule has 6 heteroatoms. The van der Waals surface area contributed by atoms with Crippen LogP contribution in [0, 0.1) is 5.92 Å². The number of alkyl halides is 3. The standard InChI is InChI=1S/C10H13F3N2O/c1-15-9(16-6-7-3-2-4-7)5-8(14-15)10(11,12)13/h5,7H,2-4,6H2,1H3. The van der Waals surface area contributed by atoms with Crippen LogP contribution in [0.5, 0.6) is 5.88 Å². The Balaban J connectivity index is 2.00. The quantitative estimate of drug-likeness (QED) is 0.803. The molecule has 0 radical (unpaired) electrons. The number of halogens is 3. The first kappa shape index (κ1) is 11.3. The van der Waals surface area contributed by atoms with Gasteiger partial charge in [0.05, 0.1) is 6.61 Å². The summed E-state index contributed by atoms with van der Waals surface area (Å²) >= 11 is 0. The molecule has 0 N–H and O–H groups in total. The molecule has 3 nitrogen and oxygen atoms in total. The molecule has 0 aromatic carbocycles. The normalized spacial score (nSPS) is 17.2. The van der Waals surface area contributed by atoms with Crippen LogP contribution < -0.4 is 4.74 Å². The Bertz CT molecular complexity index is 369. The van der Waals surface area contributed by atoms with Crippen LogP contribution in [-0.4, -0.2) is 16.4 Å². The molecular formula is C10H13F3N2O. The lowest BCUT2D eigenvalue weighted by atomic mass is 9.86. The van der Waals surface area contributed by atoms with Gasteiger partial charge in [0.2, 0.25) is 5.88 Å². The monoisotopic (exact) mass is 234 g/mol. The van der Waals surface area contributed by atoms with Gasteiger partial charge in [0, 0.05) is 13.1 Å². The van der Waals surface area contributed by atoms with Gasteiger partial charge in [0.25, 0.3) is 0 Å². The van der Waals surface area contributed by atoms with E-state index in [1.807, 2.05) is 0 Å². The highest BCUT2D eigenvalue weighted by molar-refractivity contribution is 5.18. The largest absolute Gasteiger partial charge is 0.478 e. The first-order chi connectivity index (χ1) is 7.47. The summed E-state index contributed by atoms with van der Waals surface area (Å²) in [6.07, 6.45) is -1.02. The van der Waals surface area contributed by atoms with E-state index in [2.05, 4.69) is 5.10 Å². The highest BCUT2D eigenvalue weighted by atomic mass is 19.4. The average Bonchev–Trinajstić information content (AvgIpc) is 2.44. The van der Waals surface area contributed by atoms with Gasteiger partial charge in [-0.2, -0.15) is 18.3 Å². The second-order valence-electron chi connectivity index (χ2n) is 4.10. The summed E-state index contributed by atoms with van der Waals surface area (Å²) in [5.74, 6) is 0.670. The maximum atomic E-state index is 12.3. The second-order valence-corrected chi connectivity index (χ2v) is 4.10. The Morgan fingerprint density at radius 1 is 1.50 bits per heavy atom. The fourth-order valence-electron chi connectivity index (χ4n) is 1.59. The molecule has 2 rings (SSSR count). The molecule has 1 fully saturated rings. The summed E-state index contributed by atoms with van der Waals surface area (Å²) in [4.78, 5) is 0. The van der Waals surface area contributed by atoms with Crippen LogP contribution in [0.3, 0.4) is 0 Å². The summed E-state index contributed by atoms with van der Waals surface area (Å²) in [7, 11) is 1.45. The lowest BCUT2D eigenvalue weighted by Crippen LogP contribution is -2.20. The van der Waals surface area contributed by atoms with Crippen LogP contribution in [-0.2, 0) is 13.2 Å². The van der Waals surface area contributed by atoms with Crippen LogP contribution in [0.25, 0.3) is 0 Å². The average molecular weight is 234 g/mol. The summed E-state index contributed by atoms with van der Waals surface area (Å²) in [6, 6.07) is 0.943. The highest BCUT2D eigenvalue weighted by Gasteiger charge is 2.35. The summed E-state index contributed by atoms with van der Waals surface area (Å²) < 4.78 is 43.4. The summed E-state index contributed by atoms with van der Waals surface area (Å²) in [5.41, 5.74) is -0.904. The fraction of sp³-hybridized carbons (Fsp3) is 0.700. The minimum Gasteiger partial charge on any atom is -0.478 e. The van der Waals surface area contributed by atoms with Gasteiger partial charge in [-0.25, -0.2) is 4.68 Å². The molecule has 0 unspecified atom stereocenters. The Labute approximate surface area is 91.2 Å². The van der Waals surface area contributed by atoms with Crippen LogP contribution in [0.4, 0.5) is 13.2 Å². The molecule has 1 saturated carbocycles. The molecule has 1 aliphatic rings. The maximum absolute atomic E-state index is 12.3. The molecule has 0 saturated heterocycles. The van der Waals surface area contributed by atoms with E-state index in [1.165, 1.54) is 13.5 Å². The van der Waals surface area contributed by atoms with E-state index >= 15 is 0 Å². The van der Waals surface area contributed by atoms with E-state index in [4.69, 9.17) is 4.74 Å². The molecule has 1 heterocycles. The zero-order chi connectivity index (χ0) is 11.8. The zero-order valence-electron chi connectivity index (χ0n) is 8.92. The van der Waals surface area contributed by atoms with Crippen molar-refractivity contribution in [1.29, 1.82) is 0 Å². The van der Waals surface area contributed by atoms with Gasteiger partial charge >= 0.3 is 6.18 Å². The van der Waals surface area contributed by atoms with E-state index in [-0.39, 0.29) is 5.88 Å². The van der Waals surface area contributed by atoms with E-state index in [1.54, 1.807) is 0 Å². The zero-order valence-corrected chi connectivity index (χ0v) is 8.92. The Hall–Kier alpha value is -1.20. The van der Waals surface area contributed by atoms with Crippen molar-refractivity contribution in [1.82, 2.24) is 9.78 Å². The van der Waals surface area contributed by atoms with E-state index in [9.17, 15) is 13.2 Å². The Kier molecular flexibility index (Phi) is 2.82. The number of hydrogen-bond acceptors (Lipinski definition) is 2.